The summed E-state index contributed by atoms with van der Waals surface area (Å²) < 4.78 is 0. The van der Waals surface area contributed by atoms with E-state index < -0.39 is 0 Å². The van der Waals surface area contributed by atoms with Gasteiger partial charge in [0, 0.05) is 12.3 Å². The Kier molecular flexibility index (Phi) is 1.43. The average molecular weight is 160 g/mol. The molecule has 1 N–H and O–H groups in total. The van der Waals surface area contributed by atoms with Gasteiger partial charge in [-0.3, -0.25) is 4.98 Å². The summed E-state index contributed by atoms with van der Waals surface area (Å²) in [6, 6.07) is 5.16. The van der Waals surface area contributed by atoms with Crippen LogP contribution in [0.1, 0.15) is 5.56 Å². The predicted octanol–water partition coefficient (Wildman–Crippen LogP) is 1.64. The van der Waals surface area contributed by atoms with Crippen LogP contribution in [0.25, 0.3) is 11.0 Å². The summed E-state index contributed by atoms with van der Waals surface area (Å²) in [5.74, 6) is 0.0404. The van der Waals surface area contributed by atoms with Gasteiger partial charge in [-0.1, -0.05) is 0 Å². The smallest absolute Gasteiger partial charge is 0.211 e. The molecule has 2 aromatic heterocycles. The van der Waals surface area contributed by atoms with Gasteiger partial charge in [0.15, 0.2) is 0 Å². The molecule has 0 saturated carbocycles. The molecule has 0 aliphatic rings. The first-order valence-electron chi connectivity index (χ1n) is 3.69. The lowest BCUT2D eigenvalue weighted by molar-refractivity contribution is 0.455. The molecule has 2 rings (SSSR count). The fourth-order valence-electron chi connectivity index (χ4n) is 1.14. The van der Waals surface area contributed by atoms with Gasteiger partial charge in [0.05, 0.1) is 11.0 Å². The number of aryl methyl sites for hydroxylation is 1. The van der Waals surface area contributed by atoms with E-state index in [4.69, 9.17) is 5.11 Å². The van der Waals surface area contributed by atoms with Gasteiger partial charge in [-0.05, 0) is 24.6 Å². The lowest BCUT2D eigenvalue weighted by atomic mass is 10.2. The molecule has 0 aliphatic heterocycles. The molecule has 3 heteroatoms. The minimum Gasteiger partial charge on any atom is -0.493 e. The molecule has 0 saturated heterocycles. The zero-order valence-corrected chi connectivity index (χ0v) is 6.65. The average Bonchev–Trinajstić information content (AvgIpc) is 2.07. The quantitative estimate of drug-likeness (QED) is 0.637. The highest BCUT2D eigenvalue weighted by molar-refractivity contribution is 5.77. The van der Waals surface area contributed by atoms with Gasteiger partial charge in [0.1, 0.15) is 0 Å². The Hall–Kier alpha value is -1.64. The van der Waals surface area contributed by atoms with Crippen molar-refractivity contribution >= 4 is 11.0 Å². The number of hydrogen-bond donors (Lipinski definition) is 1. The van der Waals surface area contributed by atoms with Gasteiger partial charge in [-0.25, -0.2) is 4.98 Å². The van der Waals surface area contributed by atoms with Crippen LogP contribution in [0.2, 0.25) is 0 Å². The minimum absolute atomic E-state index is 0.0404. The summed E-state index contributed by atoms with van der Waals surface area (Å²) in [4.78, 5) is 8.08. The van der Waals surface area contributed by atoms with Crippen molar-refractivity contribution in [3.05, 3.63) is 30.0 Å². The maximum Gasteiger partial charge on any atom is 0.211 e. The molecule has 0 radical (unpaired) electrons. The van der Waals surface area contributed by atoms with Crippen molar-refractivity contribution in [3.63, 3.8) is 0 Å². The number of pyridine rings is 2. The van der Waals surface area contributed by atoms with Gasteiger partial charge in [0.25, 0.3) is 0 Å². The molecule has 3 nitrogen and oxygen atoms in total. The van der Waals surface area contributed by atoms with Crippen molar-refractivity contribution < 1.29 is 5.11 Å². The van der Waals surface area contributed by atoms with Crippen LogP contribution in [0.3, 0.4) is 0 Å². The van der Waals surface area contributed by atoms with Crippen LogP contribution in [0.5, 0.6) is 5.88 Å². The minimum atomic E-state index is 0.0404. The molecule has 2 heterocycles. The van der Waals surface area contributed by atoms with Crippen molar-refractivity contribution in [2.45, 2.75) is 6.92 Å². The summed E-state index contributed by atoms with van der Waals surface area (Å²) in [7, 11) is 0. The van der Waals surface area contributed by atoms with Crippen molar-refractivity contribution in [1.82, 2.24) is 9.97 Å². The summed E-state index contributed by atoms with van der Waals surface area (Å²) >= 11 is 0. The molecule has 0 unspecified atom stereocenters. The number of nitrogens with zero attached hydrogens (tertiary/aromatic N) is 2. The van der Waals surface area contributed by atoms with E-state index in [1.54, 1.807) is 12.3 Å². The van der Waals surface area contributed by atoms with Crippen molar-refractivity contribution in [2.75, 3.05) is 0 Å². The Balaban J connectivity index is 2.88. The molecular weight excluding hydrogens is 152 g/mol. The van der Waals surface area contributed by atoms with Crippen LogP contribution < -0.4 is 0 Å². The largest absolute Gasteiger partial charge is 0.493 e. The topological polar surface area (TPSA) is 46.0 Å². The molecule has 0 aromatic carbocycles. The van der Waals surface area contributed by atoms with Crippen molar-refractivity contribution in [1.29, 1.82) is 0 Å². The third-order valence-electron chi connectivity index (χ3n) is 1.77. The molecule has 60 valence electrons. The molecule has 2 aromatic rings. The second-order valence-electron chi connectivity index (χ2n) is 2.67. The Bertz CT molecular complexity index is 426. The fraction of sp³-hybridized carbons (Fsp3) is 0.111. The molecular formula is C9H8N2O. The fourth-order valence-corrected chi connectivity index (χ4v) is 1.14. The summed E-state index contributed by atoms with van der Waals surface area (Å²) in [6.45, 7) is 1.94. The van der Waals surface area contributed by atoms with Crippen LogP contribution in [0.15, 0.2) is 24.4 Å². The van der Waals surface area contributed by atoms with Crippen molar-refractivity contribution in [3.8, 4) is 5.88 Å². The predicted molar refractivity (Wildman–Crippen MR) is 45.9 cm³/mol. The van der Waals surface area contributed by atoms with E-state index in [0.717, 1.165) is 16.6 Å². The second-order valence-corrected chi connectivity index (χ2v) is 2.67. The molecule has 0 fully saturated rings. The monoisotopic (exact) mass is 160 g/mol. The van der Waals surface area contributed by atoms with Gasteiger partial charge in [-0.2, -0.15) is 0 Å². The molecule has 0 aliphatic carbocycles. The van der Waals surface area contributed by atoms with E-state index in [2.05, 4.69) is 9.97 Å². The van der Waals surface area contributed by atoms with E-state index in [0.29, 0.717) is 0 Å². The van der Waals surface area contributed by atoms with Gasteiger partial charge < -0.3 is 5.11 Å². The van der Waals surface area contributed by atoms with E-state index in [-0.39, 0.29) is 5.88 Å². The SMILES string of the molecule is Cc1ccnc2ccc(O)nc12. The van der Waals surface area contributed by atoms with Crippen LogP contribution in [0.4, 0.5) is 0 Å². The van der Waals surface area contributed by atoms with Gasteiger partial charge in [-0.15, -0.1) is 0 Å². The van der Waals surface area contributed by atoms with Crippen molar-refractivity contribution in [2.24, 2.45) is 0 Å². The third kappa shape index (κ3) is 0.993. The van der Waals surface area contributed by atoms with E-state index >= 15 is 0 Å². The van der Waals surface area contributed by atoms with Gasteiger partial charge in [0.2, 0.25) is 5.88 Å². The van der Waals surface area contributed by atoms with E-state index in [1.807, 2.05) is 13.0 Å². The number of rotatable bonds is 0. The lowest BCUT2D eigenvalue weighted by Gasteiger charge is -1.99. The van der Waals surface area contributed by atoms with Crippen LogP contribution in [-0.4, -0.2) is 15.1 Å². The van der Waals surface area contributed by atoms with Crippen LogP contribution in [-0.2, 0) is 0 Å². The number of hydrogen-bond acceptors (Lipinski definition) is 3. The zero-order chi connectivity index (χ0) is 8.55. The first kappa shape index (κ1) is 7.03. The Morgan fingerprint density at radius 3 is 2.92 bits per heavy atom. The summed E-state index contributed by atoms with van der Waals surface area (Å²) in [6.07, 6.45) is 1.73. The molecule has 0 atom stereocenters. The van der Waals surface area contributed by atoms with E-state index in [9.17, 15) is 0 Å². The highest BCUT2D eigenvalue weighted by atomic mass is 16.3. The highest BCUT2D eigenvalue weighted by Gasteiger charge is 1.99. The normalized spacial score (nSPS) is 10.4. The third-order valence-corrected chi connectivity index (χ3v) is 1.77. The standard InChI is InChI=1S/C9H8N2O/c1-6-4-5-10-7-2-3-8(12)11-9(6)7/h2-5H,1H3,(H,11,12). The Labute approximate surface area is 69.7 Å². The maximum atomic E-state index is 9.12. The van der Waals surface area contributed by atoms with Gasteiger partial charge >= 0.3 is 0 Å². The molecule has 0 bridgehead atoms. The van der Waals surface area contributed by atoms with Crippen LogP contribution in [0, 0.1) is 6.92 Å². The summed E-state index contributed by atoms with van der Waals surface area (Å²) in [5.41, 5.74) is 2.60. The zero-order valence-electron chi connectivity index (χ0n) is 6.65. The number of aromatic nitrogens is 2. The lowest BCUT2D eigenvalue weighted by Crippen LogP contribution is -1.85. The first-order chi connectivity index (χ1) is 5.77. The molecule has 0 spiro atoms. The second kappa shape index (κ2) is 2.44. The summed E-state index contributed by atoms with van der Waals surface area (Å²) in [5, 5.41) is 9.12. The maximum absolute atomic E-state index is 9.12. The van der Waals surface area contributed by atoms with Crippen LogP contribution >= 0.6 is 0 Å². The first-order valence-corrected chi connectivity index (χ1v) is 3.69. The Morgan fingerprint density at radius 1 is 1.25 bits per heavy atom. The Morgan fingerprint density at radius 2 is 2.08 bits per heavy atom. The molecule has 12 heavy (non-hydrogen) atoms. The molecule has 0 amide bonds. The number of aromatic hydroxyl groups is 1. The highest BCUT2D eigenvalue weighted by Crippen LogP contribution is 2.16. The number of fused-ring (bicyclic) bond motifs is 1. The van der Waals surface area contributed by atoms with E-state index in [1.165, 1.54) is 6.07 Å².